The molecule has 3 aromatic heterocycles. The maximum absolute atomic E-state index is 5.51. The van der Waals surface area contributed by atoms with E-state index in [2.05, 4.69) is 5.10 Å². The van der Waals surface area contributed by atoms with E-state index in [-0.39, 0.29) is 0 Å². The fraction of sp³-hybridized carbons (Fsp3) is 0.640. The lowest BCUT2D eigenvalue weighted by molar-refractivity contribution is 0.0835. The number of fused-ring (bicyclic) bond motifs is 1. The summed E-state index contributed by atoms with van der Waals surface area (Å²) < 4.78 is 7.53. The maximum Gasteiger partial charge on any atom is 0.182 e. The third-order valence-electron chi connectivity index (χ3n) is 7.01. The van der Waals surface area contributed by atoms with Crippen molar-refractivity contribution in [2.45, 2.75) is 89.5 Å². The third-order valence-corrected chi connectivity index (χ3v) is 7.01. The number of rotatable bonds is 3. The molecule has 2 saturated carbocycles. The minimum absolute atomic E-state index is 0.397. The van der Waals surface area contributed by atoms with E-state index in [0.29, 0.717) is 11.8 Å². The number of hydrogen-bond donors (Lipinski definition) is 0. The lowest BCUT2D eigenvalue weighted by Gasteiger charge is -2.25. The molecule has 0 N–H and O–H groups in total. The number of hydrogen-bond acceptors (Lipinski definition) is 6. The summed E-state index contributed by atoms with van der Waals surface area (Å²) in [5.41, 5.74) is 4.82. The summed E-state index contributed by atoms with van der Waals surface area (Å²) in [6.07, 6.45) is 14.9. The average molecular weight is 435 g/mol. The highest BCUT2D eigenvalue weighted by molar-refractivity contribution is 5.73. The van der Waals surface area contributed by atoms with Crippen LogP contribution >= 0.6 is 0 Å². The first kappa shape index (κ1) is 21.4. The molecule has 0 spiro atoms. The molecule has 3 fully saturated rings. The highest BCUT2D eigenvalue weighted by atomic mass is 16.5. The molecule has 170 valence electrons. The van der Waals surface area contributed by atoms with Crippen molar-refractivity contribution < 1.29 is 4.74 Å². The van der Waals surface area contributed by atoms with Crippen molar-refractivity contribution in [3.05, 3.63) is 41.4 Å². The second-order valence-corrected chi connectivity index (χ2v) is 9.47. The third kappa shape index (κ3) is 4.82. The summed E-state index contributed by atoms with van der Waals surface area (Å²) in [5.74, 6) is 1.87. The van der Waals surface area contributed by atoms with E-state index in [1.54, 1.807) is 0 Å². The van der Waals surface area contributed by atoms with Crippen LogP contribution in [0.25, 0.3) is 11.2 Å². The average Bonchev–Trinajstić information content (AvgIpc) is 3.54. The number of aryl methyl sites for hydroxylation is 2. The summed E-state index contributed by atoms with van der Waals surface area (Å²) in [7, 11) is 0. The van der Waals surface area contributed by atoms with E-state index in [1.807, 2.05) is 37.0 Å². The van der Waals surface area contributed by atoms with Crippen molar-refractivity contribution in [1.82, 2.24) is 29.7 Å². The van der Waals surface area contributed by atoms with Crippen LogP contribution in [-0.4, -0.2) is 42.9 Å². The van der Waals surface area contributed by atoms with Gasteiger partial charge in [-0.2, -0.15) is 5.10 Å². The van der Waals surface area contributed by atoms with Gasteiger partial charge in [-0.05, 0) is 58.4 Å². The van der Waals surface area contributed by atoms with Gasteiger partial charge in [-0.1, -0.05) is 19.3 Å². The van der Waals surface area contributed by atoms with Gasteiger partial charge >= 0.3 is 0 Å². The van der Waals surface area contributed by atoms with Crippen molar-refractivity contribution in [1.29, 1.82) is 0 Å². The second-order valence-electron chi connectivity index (χ2n) is 9.47. The monoisotopic (exact) mass is 434 g/mol. The van der Waals surface area contributed by atoms with Gasteiger partial charge in [-0.15, -0.1) is 0 Å². The van der Waals surface area contributed by atoms with Gasteiger partial charge in [0.1, 0.15) is 11.3 Å². The van der Waals surface area contributed by atoms with E-state index in [1.165, 1.54) is 44.9 Å². The largest absolute Gasteiger partial charge is 0.381 e. The lowest BCUT2D eigenvalue weighted by Crippen LogP contribution is -2.19. The smallest absolute Gasteiger partial charge is 0.182 e. The van der Waals surface area contributed by atoms with Crippen LogP contribution in [0.3, 0.4) is 0 Å². The fourth-order valence-electron chi connectivity index (χ4n) is 4.79. The van der Waals surface area contributed by atoms with Crippen LogP contribution in [0.2, 0.25) is 0 Å². The highest BCUT2D eigenvalue weighted by Gasteiger charge is 2.26. The molecule has 3 aliphatic rings. The Morgan fingerprint density at radius 2 is 1.56 bits per heavy atom. The van der Waals surface area contributed by atoms with E-state index in [9.17, 15) is 0 Å². The molecule has 7 nitrogen and oxygen atoms in total. The minimum atomic E-state index is 0.397. The van der Waals surface area contributed by atoms with Crippen molar-refractivity contribution in [2.24, 2.45) is 0 Å². The van der Waals surface area contributed by atoms with Gasteiger partial charge in [0.05, 0.1) is 23.1 Å². The molecule has 0 radical (unpaired) electrons. The van der Waals surface area contributed by atoms with Crippen LogP contribution in [-0.2, 0) is 4.74 Å². The number of ether oxygens (including phenoxy) is 1. The Bertz CT molecular complexity index is 1030. The molecular formula is C25H34N6O. The zero-order valence-electron chi connectivity index (χ0n) is 19.3. The Labute approximate surface area is 190 Å². The maximum atomic E-state index is 5.51. The Morgan fingerprint density at radius 3 is 2.25 bits per heavy atom. The fourth-order valence-corrected chi connectivity index (χ4v) is 4.79. The topological polar surface area (TPSA) is 78.6 Å². The van der Waals surface area contributed by atoms with E-state index in [0.717, 1.165) is 66.2 Å². The molecule has 0 bridgehead atoms. The quantitative estimate of drug-likeness (QED) is 0.564. The highest BCUT2D eigenvalue weighted by Crippen LogP contribution is 2.36. The molecule has 3 aromatic rings. The Kier molecular flexibility index (Phi) is 6.44. The van der Waals surface area contributed by atoms with Gasteiger partial charge in [0.15, 0.2) is 5.65 Å². The summed E-state index contributed by atoms with van der Waals surface area (Å²) in [4.78, 5) is 19.4. The van der Waals surface area contributed by atoms with Crippen LogP contribution in [0.1, 0.15) is 98.6 Å². The summed E-state index contributed by atoms with van der Waals surface area (Å²) in [6.45, 7) is 5.66. The van der Waals surface area contributed by atoms with Gasteiger partial charge in [-0.25, -0.2) is 19.9 Å². The summed E-state index contributed by atoms with van der Waals surface area (Å²) in [5, 5.41) is 4.09. The lowest BCUT2D eigenvalue weighted by atomic mass is 9.86. The molecule has 6 rings (SSSR count). The number of aromatic nitrogens is 6. The predicted molar refractivity (Wildman–Crippen MR) is 124 cm³/mol. The standard InChI is InChI=1S/C19H26N4O.C6H8N2/c1-12-13(2)21-19-17(20-12)16(14-6-4-3-5-7-14)22-18(23-19)15-8-10-24-11-9-15;1-4-7-8(5-1)6-2-3-6/h14-15H,3-11H2,1-2H3;1,4-6H,2-3H2. The molecule has 0 unspecified atom stereocenters. The molecule has 32 heavy (non-hydrogen) atoms. The molecule has 0 atom stereocenters. The zero-order valence-corrected chi connectivity index (χ0v) is 19.3. The Morgan fingerprint density at radius 1 is 0.812 bits per heavy atom. The first-order chi connectivity index (χ1) is 15.7. The molecule has 0 aromatic carbocycles. The summed E-state index contributed by atoms with van der Waals surface area (Å²) >= 11 is 0. The zero-order chi connectivity index (χ0) is 21.9. The van der Waals surface area contributed by atoms with E-state index < -0.39 is 0 Å². The minimum Gasteiger partial charge on any atom is -0.381 e. The molecule has 4 heterocycles. The molecule has 2 aliphatic carbocycles. The first-order valence-corrected chi connectivity index (χ1v) is 12.3. The second kappa shape index (κ2) is 9.61. The van der Waals surface area contributed by atoms with Crippen LogP contribution in [0.15, 0.2) is 18.5 Å². The number of nitrogens with zero attached hydrogens (tertiary/aromatic N) is 6. The normalized spacial score (nSPS) is 20.2. The Balaban J connectivity index is 0.000000225. The van der Waals surface area contributed by atoms with Crippen molar-refractivity contribution in [3.63, 3.8) is 0 Å². The van der Waals surface area contributed by atoms with Crippen LogP contribution < -0.4 is 0 Å². The van der Waals surface area contributed by atoms with Gasteiger partial charge in [0.2, 0.25) is 0 Å². The van der Waals surface area contributed by atoms with E-state index >= 15 is 0 Å². The molecule has 7 heteroatoms. The van der Waals surface area contributed by atoms with Gasteiger partial charge in [-0.3, -0.25) is 4.68 Å². The summed E-state index contributed by atoms with van der Waals surface area (Å²) in [6, 6.07) is 2.71. The molecular weight excluding hydrogens is 400 g/mol. The van der Waals surface area contributed by atoms with Crippen LogP contribution in [0, 0.1) is 13.8 Å². The molecule has 0 amide bonds. The van der Waals surface area contributed by atoms with E-state index in [4.69, 9.17) is 24.7 Å². The van der Waals surface area contributed by atoms with Crippen molar-refractivity contribution in [2.75, 3.05) is 13.2 Å². The van der Waals surface area contributed by atoms with Crippen LogP contribution in [0.4, 0.5) is 0 Å². The van der Waals surface area contributed by atoms with Gasteiger partial charge < -0.3 is 4.74 Å². The van der Waals surface area contributed by atoms with Crippen molar-refractivity contribution >= 4 is 11.2 Å². The van der Waals surface area contributed by atoms with Gasteiger partial charge in [0, 0.05) is 37.4 Å². The van der Waals surface area contributed by atoms with Crippen LogP contribution in [0.5, 0.6) is 0 Å². The first-order valence-electron chi connectivity index (χ1n) is 12.3. The Hall–Kier alpha value is -2.41. The molecule has 1 saturated heterocycles. The molecule has 1 aliphatic heterocycles. The van der Waals surface area contributed by atoms with Crippen molar-refractivity contribution in [3.8, 4) is 0 Å². The predicted octanol–water partition coefficient (Wildman–Crippen LogP) is 5.20. The van der Waals surface area contributed by atoms with Gasteiger partial charge in [0.25, 0.3) is 0 Å². The SMILES string of the molecule is Cc1nc2nc(C3CCOCC3)nc(C3CCCCC3)c2nc1C.c1cnn(C2CC2)c1.